The van der Waals surface area contributed by atoms with Crippen molar-refractivity contribution in [1.29, 1.82) is 0 Å². The van der Waals surface area contributed by atoms with E-state index in [-0.39, 0.29) is 18.0 Å². The third-order valence-electron chi connectivity index (χ3n) is 3.64. The molecule has 0 aliphatic carbocycles. The number of hydrogen-bond donors (Lipinski definition) is 1. The Hall–Kier alpha value is -1.39. The summed E-state index contributed by atoms with van der Waals surface area (Å²) in [5.74, 6) is 0.131. The van der Waals surface area contributed by atoms with Crippen LogP contribution in [0.2, 0.25) is 0 Å². The van der Waals surface area contributed by atoms with Crippen LogP contribution in [0.25, 0.3) is 0 Å². The van der Waals surface area contributed by atoms with Gasteiger partial charge in [0.25, 0.3) is 0 Å². The topological polar surface area (TPSA) is 55.6 Å². The second-order valence-electron chi connectivity index (χ2n) is 4.95. The summed E-state index contributed by atoms with van der Waals surface area (Å²) in [6.45, 7) is 4.03. The Morgan fingerprint density at radius 1 is 1.47 bits per heavy atom. The highest BCUT2D eigenvalue weighted by atomic mass is 16.5. The van der Waals surface area contributed by atoms with Crippen molar-refractivity contribution >= 4 is 5.91 Å². The van der Waals surface area contributed by atoms with E-state index in [0.29, 0.717) is 26.2 Å². The van der Waals surface area contributed by atoms with Crippen LogP contribution in [-0.2, 0) is 9.53 Å². The number of nitrogens with two attached hydrogens (primary N) is 1. The minimum Gasteiger partial charge on any atom is -0.377 e. The number of morpholine rings is 1. The summed E-state index contributed by atoms with van der Waals surface area (Å²) in [4.78, 5) is 14.3. The largest absolute Gasteiger partial charge is 0.377 e. The van der Waals surface area contributed by atoms with Gasteiger partial charge in [0.1, 0.15) is 0 Å². The summed E-state index contributed by atoms with van der Waals surface area (Å²) >= 11 is 0. The minimum atomic E-state index is -0.228. The summed E-state index contributed by atoms with van der Waals surface area (Å²) in [6.07, 6.45) is 1.28. The van der Waals surface area contributed by atoms with E-state index in [0.717, 1.165) is 12.0 Å². The van der Waals surface area contributed by atoms with E-state index in [1.807, 2.05) is 35.2 Å². The first-order chi connectivity index (χ1) is 9.22. The molecule has 104 valence electrons. The Labute approximate surface area is 114 Å². The zero-order chi connectivity index (χ0) is 13.7. The summed E-state index contributed by atoms with van der Waals surface area (Å²) < 4.78 is 5.42. The lowest BCUT2D eigenvalue weighted by atomic mass is 10.0. The molecule has 1 aromatic carbocycles. The normalized spacial score (nSPS) is 21.2. The van der Waals surface area contributed by atoms with E-state index in [2.05, 4.69) is 6.92 Å². The lowest BCUT2D eigenvalue weighted by Crippen LogP contribution is -2.48. The van der Waals surface area contributed by atoms with Gasteiger partial charge in [0.05, 0.1) is 19.3 Å². The van der Waals surface area contributed by atoms with Gasteiger partial charge in [-0.15, -0.1) is 0 Å². The van der Waals surface area contributed by atoms with Gasteiger partial charge in [-0.25, -0.2) is 0 Å². The van der Waals surface area contributed by atoms with Crippen molar-refractivity contribution < 1.29 is 9.53 Å². The molecule has 0 unspecified atom stereocenters. The highest BCUT2D eigenvalue weighted by molar-refractivity contribution is 5.77. The fraction of sp³-hybridized carbons (Fsp3) is 0.533. The zero-order valence-corrected chi connectivity index (χ0v) is 11.4. The number of amides is 1. The van der Waals surface area contributed by atoms with Gasteiger partial charge in [-0.2, -0.15) is 0 Å². The molecular formula is C15H22N2O2. The van der Waals surface area contributed by atoms with Crippen molar-refractivity contribution in [2.24, 2.45) is 5.73 Å². The molecule has 0 spiro atoms. The molecule has 1 amide bonds. The first-order valence-electron chi connectivity index (χ1n) is 6.90. The lowest BCUT2D eigenvalue weighted by molar-refractivity contribution is -0.140. The number of carbonyl (C=O) groups excluding carboxylic acids is 1. The van der Waals surface area contributed by atoms with Crippen LogP contribution in [0, 0.1) is 0 Å². The van der Waals surface area contributed by atoms with Gasteiger partial charge < -0.3 is 15.4 Å². The molecular weight excluding hydrogens is 240 g/mol. The number of ether oxygens (including phenoxy) is 1. The SMILES string of the molecule is CC[C@H]1COCCN1C(=O)C[C@@H](N)c1ccccc1. The fourth-order valence-corrected chi connectivity index (χ4v) is 2.44. The maximum absolute atomic E-state index is 12.3. The van der Waals surface area contributed by atoms with E-state index < -0.39 is 0 Å². The van der Waals surface area contributed by atoms with Crippen LogP contribution in [0.15, 0.2) is 30.3 Å². The molecule has 1 aliphatic heterocycles. The molecule has 4 heteroatoms. The van der Waals surface area contributed by atoms with Crippen molar-refractivity contribution in [2.45, 2.75) is 31.8 Å². The molecule has 0 radical (unpaired) electrons. The van der Waals surface area contributed by atoms with Crippen molar-refractivity contribution in [3.63, 3.8) is 0 Å². The van der Waals surface area contributed by atoms with Crippen LogP contribution in [-0.4, -0.2) is 36.6 Å². The molecule has 2 atom stereocenters. The molecule has 1 fully saturated rings. The predicted molar refractivity (Wildman–Crippen MR) is 74.6 cm³/mol. The first-order valence-corrected chi connectivity index (χ1v) is 6.90. The first kappa shape index (κ1) is 14.0. The average molecular weight is 262 g/mol. The molecule has 19 heavy (non-hydrogen) atoms. The molecule has 4 nitrogen and oxygen atoms in total. The van der Waals surface area contributed by atoms with Gasteiger partial charge in [0.2, 0.25) is 5.91 Å². The Morgan fingerprint density at radius 3 is 2.89 bits per heavy atom. The van der Waals surface area contributed by atoms with Crippen molar-refractivity contribution in [2.75, 3.05) is 19.8 Å². The van der Waals surface area contributed by atoms with E-state index in [9.17, 15) is 4.79 Å². The number of nitrogens with zero attached hydrogens (tertiary/aromatic N) is 1. The van der Waals surface area contributed by atoms with E-state index in [1.54, 1.807) is 0 Å². The van der Waals surface area contributed by atoms with Crippen molar-refractivity contribution in [1.82, 2.24) is 4.90 Å². The number of hydrogen-bond acceptors (Lipinski definition) is 3. The summed E-state index contributed by atoms with van der Waals surface area (Å²) in [5, 5.41) is 0. The fourth-order valence-electron chi connectivity index (χ4n) is 2.44. The van der Waals surface area contributed by atoms with Crippen LogP contribution in [0.5, 0.6) is 0 Å². The number of benzene rings is 1. The van der Waals surface area contributed by atoms with Crippen LogP contribution in [0.1, 0.15) is 31.4 Å². The summed E-state index contributed by atoms with van der Waals surface area (Å²) in [6, 6.07) is 9.75. The van der Waals surface area contributed by atoms with Gasteiger partial charge in [0.15, 0.2) is 0 Å². The average Bonchev–Trinajstić information content (AvgIpc) is 2.48. The number of carbonyl (C=O) groups is 1. The van der Waals surface area contributed by atoms with Gasteiger partial charge in [-0.3, -0.25) is 4.79 Å². The molecule has 2 rings (SSSR count). The Bertz CT molecular complexity index is 408. The van der Waals surface area contributed by atoms with E-state index in [1.165, 1.54) is 0 Å². The highest BCUT2D eigenvalue weighted by Gasteiger charge is 2.26. The highest BCUT2D eigenvalue weighted by Crippen LogP contribution is 2.18. The molecule has 1 heterocycles. The maximum atomic E-state index is 12.3. The van der Waals surface area contributed by atoms with Crippen molar-refractivity contribution in [3.8, 4) is 0 Å². The molecule has 1 aliphatic rings. The Balaban J connectivity index is 1.96. The van der Waals surface area contributed by atoms with E-state index in [4.69, 9.17) is 10.5 Å². The molecule has 2 N–H and O–H groups in total. The molecule has 1 aromatic rings. The zero-order valence-electron chi connectivity index (χ0n) is 11.4. The smallest absolute Gasteiger partial charge is 0.224 e. The third kappa shape index (κ3) is 3.55. The van der Waals surface area contributed by atoms with Crippen LogP contribution < -0.4 is 5.73 Å². The van der Waals surface area contributed by atoms with Gasteiger partial charge in [0, 0.05) is 19.0 Å². The molecule has 0 saturated carbocycles. The third-order valence-corrected chi connectivity index (χ3v) is 3.64. The Morgan fingerprint density at radius 2 is 2.21 bits per heavy atom. The van der Waals surface area contributed by atoms with Crippen LogP contribution >= 0.6 is 0 Å². The standard InChI is InChI=1S/C15H22N2O2/c1-2-13-11-19-9-8-17(13)15(18)10-14(16)12-6-4-3-5-7-12/h3-7,13-14H,2,8-11,16H2,1H3/t13-,14+/m0/s1. The van der Waals surface area contributed by atoms with Gasteiger partial charge >= 0.3 is 0 Å². The summed E-state index contributed by atoms with van der Waals surface area (Å²) in [7, 11) is 0. The molecule has 0 bridgehead atoms. The minimum absolute atomic E-state index is 0.131. The van der Waals surface area contributed by atoms with Crippen LogP contribution in [0.4, 0.5) is 0 Å². The quantitative estimate of drug-likeness (QED) is 0.898. The monoisotopic (exact) mass is 262 g/mol. The second kappa shape index (κ2) is 6.68. The summed E-state index contributed by atoms with van der Waals surface area (Å²) in [5.41, 5.74) is 7.12. The predicted octanol–water partition coefficient (Wildman–Crippen LogP) is 1.71. The number of rotatable bonds is 4. The lowest BCUT2D eigenvalue weighted by Gasteiger charge is -2.35. The molecule has 1 saturated heterocycles. The van der Waals surface area contributed by atoms with Crippen LogP contribution in [0.3, 0.4) is 0 Å². The van der Waals surface area contributed by atoms with Gasteiger partial charge in [-0.05, 0) is 12.0 Å². The van der Waals surface area contributed by atoms with Gasteiger partial charge in [-0.1, -0.05) is 37.3 Å². The second-order valence-corrected chi connectivity index (χ2v) is 4.95. The maximum Gasteiger partial charge on any atom is 0.224 e. The molecule has 0 aromatic heterocycles. The van der Waals surface area contributed by atoms with E-state index >= 15 is 0 Å². The van der Waals surface area contributed by atoms with Crippen molar-refractivity contribution in [3.05, 3.63) is 35.9 Å². The Kier molecular flexibility index (Phi) is 4.93.